The Morgan fingerprint density at radius 3 is 3.06 bits per heavy atom. The van der Waals surface area contributed by atoms with Gasteiger partial charge in [-0.15, -0.1) is 0 Å². The normalized spacial score (nSPS) is 19.7. The van der Waals surface area contributed by atoms with Gasteiger partial charge < -0.3 is 15.0 Å². The fourth-order valence-corrected chi connectivity index (χ4v) is 2.05. The summed E-state index contributed by atoms with van der Waals surface area (Å²) < 4.78 is 4.93. The van der Waals surface area contributed by atoms with Crippen LogP contribution < -0.4 is 10.2 Å². The Hall–Kier alpha value is -1.62. The van der Waals surface area contributed by atoms with Gasteiger partial charge in [-0.1, -0.05) is 0 Å². The highest BCUT2D eigenvalue weighted by Crippen LogP contribution is 2.13. The van der Waals surface area contributed by atoms with Gasteiger partial charge in [-0.3, -0.25) is 0 Å². The molecule has 5 heteroatoms. The maximum absolute atomic E-state index is 11.5. The summed E-state index contributed by atoms with van der Waals surface area (Å²) in [4.78, 5) is 18.1. The van der Waals surface area contributed by atoms with Crippen LogP contribution in [-0.4, -0.2) is 43.2 Å². The van der Waals surface area contributed by atoms with Crippen LogP contribution in [0.1, 0.15) is 24.2 Å². The summed E-state index contributed by atoms with van der Waals surface area (Å²) in [7, 11) is 0. The zero-order valence-corrected chi connectivity index (χ0v) is 10.8. The van der Waals surface area contributed by atoms with Gasteiger partial charge >= 0.3 is 5.97 Å². The van der Waals surface area contributed by atoms with Crippen LogP contribution >= 0.6 is 0 Å². The predicted octanol–water partition coefficient (Wildman–Crippen LogP) is 1.06. The lowest BCUT2D eigenvalue weighted by Gasteiger charge is -2.32. The van der Waals surface area contributed by atoms with E-state index in [4.69, 9.17) is 4.74 Å². The highest BCUT2D eigenvalue weighted by Gasteiger charge is 2.17. The largest absolute Gasteiger partial charge is 0.462 e. The first-order valence-corrected chi connectivity index (χ1v) is 6.32. The molecule has 0 amide bonds. The second-order valence-electron chi connectivity index (χ2n) is 4.43. The number of rotatable bonds is 3. The standard InChI is InChI=1S/C13H19N3O2/c1-3-18-13(17)11-4-5-12(15-8-11)16-7-6-14-10(2)9-16/h4-5,8,10,14H,3,6-7,9H2,1-2H3/t10-/m1/s1. The van der Waals surface area contributed by atoms with E-state index in [1.165, 1.54) is 0 Å². The number of nitrogens with one attached hydrogen (secondary N) is 1. The summed E-state index contributed by atoms with van der Waals surface area (Å²) in [6.45, 7) is 7.17. The number of carbonyl (C=O) groups is 1. The van der Waals surface area contributed by atoms with Crippen LogP contribution in [0.15, 0.2) is 18.3 Å². The van der Waals surface area contributed by atoms with Crippen molar-refractivity contribution in [1.29, 1.82) is 0 Å². The van der Waals surface area contributed by atoms with Crippen molar-refractivity contribution in [2.75, 3.05) is 31.1 Å². The molecule has 1 fully saturated rings. The van der Waals surface area contributed by atoms with Crippen LogP contribution in [0.2, 0.25) is 0 Å². The van der Waals surface area contributed by atoms with Gasteiger partial charge in [-0.25, -0.2) is 9.78 Å². The summed E-state index contributed by atoms with van der Waals surface area (Å²) in [6, 6.07) is 4.11. The Bertz CT molecular complexity index is 405. The third-order valence-corrected chi connectivity index (χ3v) is 2.95. The van der Waals surface area contributed by atoms with Crippen molar-refractivity contribution < 1.29 is 9.53 Å². The molecule has 0 aliphatic carbocycles. The molecule has 2 heterocycles. The first-order valence-electron chi connectivity index (χ1n) is 6.32. The van der Waals surface area contributed by atoms with Crippen LogP contribution in [0.4, 0.5) is 5.82 Å². The van der Waals surface area contributed by atoms with E-state index in [1.807, 2.05) is 6.07 Å². The molecule has 0 aromatic carbocycles. The molecular weight excluding hydrogens is 230 g/mol. The number of pyridine rings is 1. The van der Waals surface area contributed by atoms with Gasteiger partial charge in [0.05, 0.1) is 12.2 Å². The molecule has 1 aromatic heterocycles. The lowest BCUT2D eigenvalue weighted by atomic mass is 10.2. The number of carbonyl (C=O) groups excluding carboxylic acids is 1. The molecule has 0 spiro atoms. The second kappa shape index (κ2) is 5.82. The van der Waals surface area contributed by atoms with Gasteiger partial charge in [0.15, 0.2) is 0 Å². The van der Waals surface area contributed by atoms with Crippen LogP contribution in [0.3, 0.4) is 0 Å². The quantitative estimate of drug-likeness (QED) is 0.812. The average Bonchev–Trinajstić information content (AvgIpc) is 2.39. The molecule has 0 bridgehead atoms. The van der Waals surface area contributed by atoms with E-state index in [1.54, 1.807) is 19.2 Å². The lowest BCUT2D eigenvalue weighted by Crippen LogP contribution is -2.49. The van der Waals surface area contributed by atoms with Crippen molar-refractivity contribution >= 4 is 11.8 Å². The minimum absolute atomic E-state index is 0.315. The van der Waals surface area contributed by atoms with E-state index >= 15 is 0 Å². The summed E-state index contributed by atoms with van der Waals surface area (Å²) in [5, 5.41) is 3.38. The molecule has 0 unspecified atom stereocenters. The van der Waals surface area contributed by atoms with E-state index in [9.17, 15) is 4.79 Å². The molecule has 1 saturated heterocycles. The van der Waals surface area contributed by atoms with Crippen molar-refractivity contribution in [2.45, 2.75) is 19.9 Å². The van der Waals surface area contributed by atoms with Crippen molar-refractivity contribution in [3.63, 3.8) is 0 Å². The van der Waals surface area contributed by atoms with E-state index < -0.39 is 0 Å². The van der Waals surface area contributed by atoms with Crippen LogP contribution in [0, 0.1) is 0 Å². The molecule has 1 atom stereocenters. The number of esters is 1. The molecule has 18 heavy (non-hydrogen) atoms. The number of anilines is 1. The first kappa shape index (κ1) is 12.8. The van der Waals surface area contributed by atoms with Crippen LogP contribution in [-0.2, 0) is 4.74 Å². The zero-order chi connectivity index (χ0) is 13.0. The van der Waals surface area contributed by atoms with Gasteiger partial charge in [-0.05, 0) is 26.0 Å². The SMILES string of the molecule is CCOC(=O)c1ccc(N2CCN[C@H](C)C2)nc1. The highest BCUT2D eigenvalue weighted by atomic mass is 16.5. The Morgan fingerprint density at radius 2 is 2.44 bits per heavy atom. The molecular formula is C13H19N3O2. The fraction of sp³-hybridized carbons (Fsp3) is 0.538. The smallest absolute Gasteiger partial charge is 0.339 e. The van der Waals surface area contributed by atoms with Gasteiger partial charge in [0.1, 0.15) is 5.82 Å². The summed E-state index contributed by atoms with van der Waals surface area (Å²) in [5.41, 5.74) is 0.504. The molecule has 2 rings (SSSR count). The molecule has 1 aromatic rings. The minimum atomic E-state index is -0.315. The third-order valence-electron chi connectivity index (χ3n) is 2.95. The van der Waals surface area contributed by atoms with Gasteiger partial charge in [0.2, 0.25) is 0 Å². The van der Waals surface area contributed by atoms with Crippen LogP contribution in [0.25, 0.3) is 0 Å². The molecule has 98 valence electrons. The maximum atomic E-state index is 11.5. The average molecular weight is 249 g/mol. The van der Waals surface area contributed by atoms with Gasteiger partial charge in [0.25, 0.3) is 0 Å². The topological polar surface area (TPSA) is 54.5 Å². The zero-order valence-electron chi connectivity index (χ0n) is 10.8. The highest BCUT2D eigenvalue weighted by molar-refractivity contribution is 5.89. The van der Waals surface area contributed by atoms with Crippen molar-refractivity contribution in [3.8, 4) is 0 Å². The number of hydrogen-bond donors (Lipinski definition) is 1. The van der Waals surface area contributed by atoms with Crippen molar-refractivity contribution in [2.24, 2.45) is 0 Å². The van der Waals surface area contributed by atoms with Crippen molar-refractivity contribution in [3.05, 3.63) is 23.9 Å². The van der Waals surface area contributed by atoms with E-state index in [0.717, 1.165) is 25.5 Å². The molecule has 1 aliphatic heterocycles. The summed E-state index contributed by atoms with van der Waals surface area (Å²) >= 11 is 0. The summed E-state index contributed by atoms with van der Waals surface area (Å²) in [6.07, 6.45) is 1.58. The minimum Gasteiger partial charge on any atom is -0.462 e. The monoisotopic (exact) mass is 249 g/mol. The summed E-state index contributed by atoms with van der Waals surface area (Å²) in [5.74, 6) is 0.599. The maximum Gasteiger partial charge on any atom is 0.339 e. The molecule has 1 aliphatic rings. The number of piperazine rings is 1. The Kier molecular flexibility index (Phi) is 4.15. The van der Waals surface area contributed by atoms with Gasteiger partial charge in [-0.2, -0.15) is 0 Å². The van der Waals surface area contributed by atoms with Crippen molar-refractivity contribution in [1.82, 2.24) is 10.3 Å². The number of hydrogen-bond acceptors (Lipinski definition) is 5. The Morgan fingerprint density at radius 1 is 1.61 bits per heavy atom. The second-order valence-corrected chi connectivity index (χ2v) is 4.43. The number of nitrogens with zero attached hydrogens (tertiary/aromatic N) is 2. The Labute approximate surface area is 107 Å². The molecule has 5 nitrogen and oxygen atoms in total. The number of ether oxygens (including phenoxy) is 1. The molecule has 0 radical (unpaired) electrons. The van der Waals surface area contributed by atoms with Crippen LogP contribution in [0.5, 0.6) is 0 Å². The van der Waals surface area contributed by atoms with E-state index in [2.05, 4.69) is 22.1 Å². The molecule has 1 N–H and O–H groups in total. The molecule has 0 saturated carbocycles. The predicted molar refractivity (Wildman–Crippen MR) is 69.9 cm³/mol. The Balaban J connectivity index is 2.05. The van der Waals surface area contributed by atoms with Gasteiger partial charge in [0, 0.05) is 31.9 Å². The number of aromatic nitrogens is 1. The lowest BCUT2D eigenvalue weighted by molar-refractivity contribution is 0.0526. The first-order chi connectivity index (χ1) is 8.70. The van der Waals surface area contributed by atoms with E-state index in [0.29, 0.717) is 18.2 Å². The fourth-order valence-electron chi connectivity index (χ4n) is 2.05. The third kappa shape index (κ3) is 2.98. The van der Waals surface area contributed by atoms with E-state index in [-0.39, 0.29) is 5.97 Å².